The van der Waals surface area contributed by atoms with Crippen molar-refractivity contribution in [2.24, 2.45) is 0 Å². The van der Waals surface area contributed by atoms with Gasteiger partial charge in [0, 0.05) is 33.7 Å². The zero-order valence-electron chi connectivity index (χ0n) is 16.7. The van der Waals surface area contributed by atoms with Crippen LogP contribution < -0.4 is 4.74 Å². The van der Waals surface area contributed by atoms with E-state index in [0.717, 1.165) is 34.0 Å². The summed E-state index contributed by atoms with van der Waals surface area (Å²) in [7, 11) is 0. The molecule has 0 saturated carbocycles. The van der Waals surface area contributed by atoms with Gasteiger partial charge in [-0.1, -0.05) is 29.8 Å². The summed E-state index contributed by atoms with van der Waals surface area (Å²) in [6, 6.07) is 15.1. The van der Waals surface area contributed by atoms with Gasteiger partial charge in [0.1, 0.15) is 12.4 Å². The van der Waals surface area contributed by atoms with E-state index in [-0.39, 0.29) is 17.2 Å². The van der Waals surface area contributed by atoms with Gasteiger partial charge in [-0.05, 0) is 62.0 Å². The molecule has 30 heavy (non-hydrogen) atoms. The van der Waals surface area contributed by atoms with Crippen LogP contribution in [0.5, 0.6) is 5.75 Å². The molecule has 4 rings (SSSR count). The first-order valence-electron chi connectivity index (χ1n) is 9.67. The van der Waals surface area contributed by atoms with Crippen LogP contribution in [0.15, 0.2) is 59.6 Å². The van der Waals surface area contributed by atoms with Crippen LogP contribution in [0, 0.1) is 0 Å². The number of imide groups is 1. The molecule has 1 aliphatic heterocycles. The van der Waals surface area contributed by atoms with E-state index >= 15 is 0 Å². The Morgan fingerprint density at radius 3 is 2.53 bits per heavy atom. The average molecular weight is 441 g/mol. The van der Waals surface area contributed by atoms with Gasteiger partial charge in [-0.15, -0.1) is 0 Å². The molecule has 0 bridgehead atoms. The summed E-state index contributed by atoms with van der Waals surface area (Å²) in [5.41, 5.74) is 1.96. The molecule has 3 aromatic rings. The van der Waals surface area contributed by atoms with Crippen LogP contribution in [0.2, 0.25) is 5.02 Å². The van der Waals surface area contributed by atoms with Crippen LogP contribution in [-0.2, 0) is 11.3 Å². The number of halogens is 1. The molecule has 0 atom stereocenters. The van der Waals surface area contributed by atoms with E-state index in [1.165, 1.54) is 4.90 Å². The fourth-order valence-corrected chi connectivity index (χ4v) is 4.51. The van der Waals surface area contributed by atoms with Crippen molar-refractivity contribution in [3.63, 3.8) is 0 Å². The van der Waals surface area contributed by atoms with Crippen molar-refractivity contribution in [2.45, 2.75) is 26.4 Å². The van der Waals surface area contributed by atoms with E-state index in [0.29, 0.717) is 23.1 Å². The normalized spacial score (nSPS) is 15.7. The van der Waals surface area contributed by atoms with Gasteiger partial charge in [-0.3, -0.25) is 14.5 Å². The molecule has 2 aromatic carbocycles. The first-order chi connectivity index (χ1) is 14.4. The smallest absolute Gasteiger partial charge is 0.293 e. The number of hydrogen-bond donors (Lipinski definition) is 0. The van der Waals surface area contributed by atoms with E-state index in [4.69, 9.17) is 16.3 Å². The minimum atomic E-state index is -0.233. The maximum absolute atomic E-state index is 12.6. The van der Waals surface area contributed by atoms with Gasteiger partial charge >= 0.3 is 0 Å². The van der Waals surface area contributed by atoms with Crippen molar-refractivity contribution in [2.75, 3.05) is 6.61 Å². The molecule has 154 valence electrons. The second kappa shape index (κ2) is 8.58. The number of para-hydroxylation sites is 1. The number of carbonyl (C=O) groups excluding carboxylic acids is 2. The van der Waals surface area contributed by atoms with E-state index in [1.807, 2.05) is 62.5 Å². The highest BCUT2D eigenvalue weighted by atomic mass is 35.5. The number of hydrogen-bond acceptors (Lipinski definition) is 4. The Hall–Kier alpha value is -2.70. The van der Waals surface area contributed by atoms with E-state index in [1.54, 1.807) is 12.1 Å². The van der Waals surface area contributed by atoms with Crippen LogP contribution >= 0.6 is 23.4 Å². The lowest BCUT2D eigenvalue weighted by Gasteiger charge is -2.16. The summed E-state index contributed by atoms with van der Waals surface area (Å²) >= 11 is 6.90. The Kier molecular flexibility index (Phi) is 5.88. The largest absolute Gasteiger partial charge is 0.492 e. The topological polar surface area (TPSA) is 51.5 Å². The van der Waals surface area contributed by atoms with Gasteiger partial charge in [-0.2, -0.15) is 0 Å². The summed E-state index contributed by atoms with van der Waals surface area (Å²) in [5.74, 6) is 0.529. The second-order valence-corrected chi connectivity index (χ2v) is 8.67. The predicted octanol–water partition coefficient (Wildman–Crippen LogP) is 5.82. The SMILES string of the molecule is CC(C)N1C(=O)S/C(=C\c2cn(CCOc3ccc(Cl)cc3)c3ccccc23)C1=O. The van der Waals surface area contributed by atoms with Crippen molar-refractivity contribution < 1.29 is 14.3 Å². The van der Waals surface area contributed by atoms with E-state index in [9.17, 15) is 9.59 Å². The fraction of sp³-hybridized carbons (Fsp3) is 0.217. The van der Waals surface area contributed by atoms with Crippen molar-refractivity contribution in [3.05, 3.63) is 70.2 Å². The molecule has 1 fully saturated rings. The summed E-state index contributed by atoms with van der Waals surface area (Å²) in [6.45, 7) is 4.81. The van der Waals surface area contributed by atoms with Crippen LogP contribution in [0.3, 0.4) is 0 Å². The zero-order valence-corrected chi connectivity index (χ0v) is 18.2. The molecule has 2 heterocycles. The molecule has 5 nitrogen and oxygen atoms in total. The number of nitrogens with zero attached hydrogens (tertiary/aromatic N) is 2. The third-order valence-corrected chi connectivity index (χ3v) is 6.00. The Bertz CT molecular complexity index is 1140. The maximum atomic E-state index is 12.6. The van der Waals surface area contributed by atoms with Gasteiger partial charge < -0.3 is 9.30 Å². The lowest BCUT2D eigenvalue weighted by atomic mass is 10.1. The Morgan fingerprint density at radius 1 is 1.10 bits per heavy atom. The van der Waals surface area contributed by atoms with Gasteiger partial charge in [0.2, 0.25) is 0 Å². The number of rotatable bonds is 6. The van der Waals surface area contributed by atoms with Crippen molar-refractivity contribution >= 4 is 51.5 Å². The molecule has 1 aromatic heterocycles. The predicted molar refractivity (Wildman–Crippen MR) is 122 cm³/mol. The summed E-state index contributed by atoms with van der Waals surface area (Å²) in [6.07, 6.45) is 3.81. The average Bonchev–Trinajstić information content (AvgIpc) is 3.20. The third-order valence-electron chi connectivity index (χ3n) is 4.86. The van der Waals surface area contributed by atoms with E-state index < -0.39 is 0 Å². The highest BCUT2D eigenvalue weighted by molar-refractivity contribution is 8.18. The number of ether oxygens (including phenoxy) is 1. The monoisotopic (exact) mass is 440 g/mol. The quantitative estimate of drug-likeness (QED) is 0.453. The summed E-state index contributed by atoms with van der Waals surface area (Å²) in [4.78, 5) is 26.6. The van der Waals surface area contributed by atoms with Crippen molar-refractivity contribution in [1.29, 1.82) is 0 Å². The molecular formula is C23H21ClN2O3S. The number of benzene rings is 2. The van der Waals surface area contributed by atoms with Gasteiger partial charge in [0.25, 0.3) is 11.1 Å². The molecular weight excluding hydrogens is 420 g/mol. The third kappa shape index (κ3) is 4.11. The summed E-state index contributed by atoms with van der Waals surface area (Å²) < 4.78 is 7.92. The van der Waals surface area contributed by atoms with Crippen LogP contribution in [0.25, 0.3) is 17.0 Å². The molecule has 7 heteroatoms. The van der Waals surface area contributed by atoms with Crippen LogP contribution in [0.1, 0.15) is 19.4 Å². The van der Waals surface area contributed by atoms with Crippen molar-refractivity contribution in [1.82, 2.24) is 9.47 Å². The van der Waals surface area contributed by atoms with Gasteiger partial charge in [0.15, 0.2) is 0 Å². The lowest BCUT2D eigenvalue weighted by Crippen LogP contribution is -2.34. The first kappa shape index (κ1) is 20.6. The molecule has 0 radical (unpaired) electrons. The number of fused-ring (bicyclic) bond motifs is 1. The van der Waals surface area contributed by atoms with Gasteiger partial charge in [-0.25, -0.2) is 0 Å². The number of carbonyl (C=O) groups is 2. The Labute approximate surface area is 184 Å². The summed E-state index contributed by atoms with van der Waals surface area (Å²) in [5, 5.41) is 1.48. The highest BCUT2D eigenvalue weighted by Crippen LogP contribution is 2.35. The maximum Gasteiger partial charge on any atom is 0.293 e. The molecule has 0 unspecified atom stereocenters. The molecule has 1 saturated heterocycles. The minimum absolute atomic E-state index is 0.158. The van der Waals surface area contributed by atoms with Gasteiger partial charge in [0.05, 0.1) is 11.4 Å². The van der Waals surface area contributed by atoms with E-state index in [2.05, 4.69) is 4.57 Å². The highest BCUT2D eigenvalue weighted by Gasteiger charge is 2.36. The second-order valence-electron chi connectivity index (χ2n) is 7.24. The number of aromatic nitrogens is 1. The molecule has 0 aliphatic carbocycles. The molecule has 0 N–H and O–H groups in total. The lowest BCUT2D eigenvalue weighted by molar-refractivity contribution is -0.123. The van der Waals surface area contributed by atoms with Crippen LogP contribution in [-0.4, -0.2) is 33.3 Å². The first-order valence-corrected chi connectivity index (χ1v) is 10.9. The number of amides is 2. The number of thioether (sulfide) groups is 1. The van der Waals surface area contributed by atoms with Crippen LogP contribution in [0.4, 0.5) is 4.79 Å². The molecule has 2 amide bonds. The Balaban J connectivity index is 1.57. The minimum Gasteiger partial charge on any atom is -0.492 e. The standard InChI is InChI=1S/C23H21ClN2O3S/c1-15(2)26-22(27)21(30-23(26)28)13-16-14-25(20-6-4-3-5-19(16)20)11-12-29-18-9-7-17(24)8-10-18/h3-10,13-15H,11-12H2,1-2H3/b21-13-. The molecule has 0 spiro atoms. The molecule has 1 aliphatic rings. The van der Waals surface area contributed by atoms with Crippen molar-refractivity contribution in [3.8, 4) is 5.75 Å². The Morgan fingerprint density at radius 2 is 1.83 bits per heavy atom. The fourth-order valence-electron chi connectivity index (χ4n) is 3.43. The zero-order chi connectivity index (χ0) is 21.3.